The molecule has 1 aliphatic carbocycles. The highest BCUT2D eigenvalue weighted by Crippen LogP contribution is 2.39. The highest BCUT2D eigenvalue weighted by atomic mass is 79.9. The Morgan fingerprint density at radius 2 is 1.79 bits per heavy atom. The van der Waals surface area contributed by atoms with Gasteiger partial charge in [0, 0.05) is 5.33 Å². The van der Waals surface area contributed by atoms with E-state index >= 15 is 0 Å². The molecule has 0 spiro atoms. The zero-order valence-electron chi connectivity index (χ0n) is 9.36. The van der Waals surface area contributed by atoms with E-state index in [0.29, 0.717) is 5.41 Å². The molecule has 0 bridgehead atoms. The van der Waals surface area contributed by atoms with Crippen LogP contribution in [0.1, 0.15) is 51.9 Å². The van der Waals surface area contributed by atoms with Gasteiger partial charge in [0.1, 0.15) is 0 Å². The summed E-state index contributed by atoms with van der Waals surface area (Å²) in [4.78, 5) is 0. The number of halogens is 1. The van der Waals surface area contributed by atoms with Gasteiger partial charge >= 0.3 is 0 Å². The van der Waals surface area contributed by atoms with E-state index in [1.54, 1.807) is 0 Å². The molecule has 1 fully saturated rings. The molecule has 84 valence electrons. The van der Waals surface area contributed by atoms with Crippen molar-refractivity contribution >= 4 is 27.7 Å². The molecule has 0 aromatic rings. The molecule has 1 aliphatic rings. The fraction of sp³-hybridized carbons (Fsp3) is 1.00. The van der Waals surface area contributed by atoms with Gasteiger partial charge in [0.25, 0.3) is 0 Å². The normalized spacial score (nSPS) is 21.9. The van der Waals surface area contributed by atoms with Crippen LogP contribution in [0.2, 0.25) is 0 Å². The Kier molecular flexibility index (Phi) is 6.60. The second-order valence-corrected chi connectivity index (χ2v) is 6.27. The molecule has 0 saturated heterocycles. The van der Waals surface area contributed by atoms with Crippen molar-refractivity contribution in [3.05, 3.63) is 0 Å². The average Bonchev–Trinajstić information content (AvgIpc) is 2.45. The molecule has 0 aromatic carbocycles. The van der Waals surface area contributed by atoms with Crippen molar-refractivity contribution in [3.63, 3.8) is 0 Å². The van der Waals surface area contributed by atoms with Crippen LogP contribution in [0.15, 0.2) is 0 Å². The first kappa shape index (κ1) is 12.9. The van der Waals surface area contributed by atoms with Crippen molar-refractivity contribution in [1.82, 2.24) is 0 Å². The second-order valence-electron chi connectivity index (χ2n) is 4.60. The van der Waals surface area contributed by atoms with Crippen LogP contribution in [0.25, 0.3) is 0 Å². The summed E-state index contributed by atoms with van der Waals surface area (Å²) < 4.78 is 0. The van der Waals surface area contributed by atoms with Crippen LogP contribution in [0.5, 0.6) is 0 Å². The quantitative estimate of drug-likeness (QED) is 0.393. The zero-order chi connectivity index (χ0) is 10.3. The lowest BCUT2D eigenvalue weighted by Gasteiger charge is -2.30. The number of alkyl halides is 1. The van der Waals surface area contributed by atoms with Crippen molar-refractivity contribution in [2.45, 2.75) is 51.9 Å². The van der Waals surface area contributed by atoms with Gasteiger partial charge in [-0.15, -0.1) is 0 Å². The molecule has 1 saturated carbocycles. The molecular formula is C12H23BrS. The number of rotatable bonds is 5. The summed E-state index contributed by atoms with van der Waals surface area (Å²) in [7, 11) is 0. The summed E-state index contributed by atoms with van der Waals surface area (Å²) >= 11 is 5.90. The van der Waals surface area contributed by atoms with Crippen molar-refractivity contribution < 1.29 is 0 Å². The Bertz CT molecular complexity index is 139. The van der Waals surface area contributed by atoms with Gasteiger partial charge in [-0.25, -0.2) is 0 Å². The van der Waals surface area contributed by atoms with Gasteiger partial charge in [-0.3, -0.25) is 0 Å². The van der Waals surface area contributed by atoms with Crippen LogP contribution in [0, 0.1) is 5.41 Å². The third-order valence-corrected chi connectivity index (χ3v) is 5.91. The molecule has 0 unspecified atom stereocenters. The van der Waals surface area contributed by atoms with E-state index in [0.717, 1.165) is 0 Å². The molecule has 0 N–H and O–H groups in total. The van der Waals surface area contributed by atoms with Crippen molar-refractivity contribution in [2.75, 3.05) is 16.8 Å². The molecule has 0 nitrogen and oxygen atoms in total. The maximum atomic E-state index is 3.74. The monoisotopic (exact) mass is 278 g/mol. The molecular weight excluding hydrogens is 256 g/mol. The third-order valence-electron chi connectivity index (χ3n) is 3.20. The maximum Gasteiger partial charge on any atom is 0.00958 e. The predicted octanol–water partition coefficient (Wildman–Crippen LogP) is 4.87. The molecule has 0 aromatic heterocycles. The first-order chi connectivity index (χ1) is 6.83. The Labute approximate surface area is 102 Å². The van der Waals surface area contributed by atoms with Crippen LogP contribution >= 0.6 is 27.7 Å². The standard InChI is InChI=1S/C12H23BrS/c1-2-9-14-11-12(10-13)7-5-3-4-6-8-12/h2-11H2,1H3. The summed E-state index contributed by atoms with van der Waals surface area (Å²) in [6.07, 6.45) is 10.1. The highest BCUT2D eigenvalue weighted by molar-refractivity contribution is 9.09. The van der Waals surface area contributed by atoms with E-state index in [9.17, 15) is 0 Å². The number of hydrogen-bond acceptors (Lipinski definition) is 1. The van der Waals surface area contributed by atoms with Crippen molar-refractivity contribution in [3.8, 4) is 0 Å². The summed E-state index contributed by atoms with van der Waals surface area (Å²) in [5.41, 5.74) is 0.635. The average molecular weight is 279 g/mol. The zero-order valence-corrected chi connectivity index (χ0v) is 11.8. The van der Waals surface area contributed by atoms with E-state index in [2.05, 4.69) is 34.6 Å². The Morgan fingerprint density at radius 1 is 1.14 bits per heavy atom. The first-order valence-electron chi connectivity index (χ1n) is 5.97. The molecule has 14 heavy (non-hydrogen) atoms. The minimum atomic E-state index is 0.635. The SMILES string of the molecule is CCCSCC1(CBr)CCCCCC1. The lowest BCUT2D eigenvalue weighted by atomic mass is 9.85. The first-order valence-corrected chi connectivity index (χ1v) is 8.24. The smallest absolute Gasteiger partial charge is 0.00958 e. The predicted molar refractivity (Wildman–Crippen MR) is 71.5 cm³/mol. The van der Waals surface area contributed by atoms with Crippen molar-refractivity contribution in [1.29, 1.82) is 0 Å². The van der Waals surface area contributed by atoms with Gasteiger partial charge in [0.2, 0.25) is 0 Å². The van der Waals surface area contributed by atoms with Gasteiger partial charge in [0.05, 0.1) is 0 Å². The van der Waals surface area contributed by atoms with Crippen LogP contribution in [-0.4, -0.2) is 16.8 Å². The highest BCUT2D eigenvalue weighted by Gasteiger charge is 2.29. The maximum absolute atomic E-state index is 3.74. The Hall–Kier alpha value is 0.830. The number of hydrogen-bond donors (Lipinski definition) is 0. The summed E-state index contributed by atoms with van der Waals surface area (Å²) in [5.74, 6) is 2.72. The lowest BCUT2D eigenvalue weighted by molar-refractivity contribution is 0.334. The molecule has 0 atom stereocenters. The lowest BCUT2D eigenvalue weighted by Crippen LogP contribution is -2.25. The van der Waals surface area contributed by atoms with Crippen molar-refractivity contribution in [2.24, 2.45) is 5.41 Å². The van der Waals surface area contributed by atoms with Gasteiger partial charge in [-0.2, -0.15) is 11.8 Å². The van der Waals surface area contributed by atoms with Crippen LogP contribution in [0.4, 0.5) is 0 Å². The topological polar surface area (TPSA) is 0 Å². The van der Waals surface area contributed by atoms with E-state index in [4.69, 9.17) is 0 Å². The largest absolute Gasteiger partial charge is 0.161 e. The van der Waals surface area contributed by atoms with Gasteiger partial charge in [-0.05, 0) is 36.2 Å². The second kappa shape index (κ2) is 7.16. The summed E-state index contributed by atoms with van der Waals surface area (Å²) in [6.45, 7) is 2.28. The minimum Gasteiger partial charge on any atom is -0.161 e. The summed E-state index contributed by atoms with van der Waals surface area (Å²) in [6, 6.07) is 0. The Morgan fingerprint density at radius 3 is 2.29 bits per heavy atom. The molecule has 1 rings (SSSR count). The minimum absolute atomic E-state index is 0.635. The fourth-order valence-electron chi connectivity index (χ4n) is 2.23. The van der Waals surface area contributed by atoms with Crippen LogP contribution < -0.4 is 0 Å². The van der Waals surface area contributed by atoms with Gasteiger partial charge in [0.15, 0.2) is 0 Å². The number of thioether (sulfide) groups is 1. The molecule has 0 amide bonds. The molecule has 0 heterocycles. The van der Waals surface area contributed by atoms with Gasteiger partial charge < -0.3 is 0 Å². The van der Waals surface area contributed by atoms with E-state index in [1.807, 2.05) is 0 Å². The van der Waals surface area contributed by atoms with Gasteiger partial charge in [-0.1, -0.05) is 48.5 Å². The third kappa shape index (κ3) is 4.14. The molecule has 0 radical (unpaired) electrons. The fourth-order valence-corrected chi connectivity index (χ4v) is 4.51. The van der Waals surface area contributed by atoms with E-state index in [-0.39, 0.29) is 0 Å². The van der Waals surface area contributed by atoms with E-state index in [1.165, 1.54) is 61.8 Å². The van der Waals surface area contributed by atoms with Crippen LogP contribution in [-0.2, 0) is 0 Å². The van der Waals surface area contributed by atoms with Crippen LogP contribution in [0.3, 0.4) is 0 Å². The Balaban J connectivity index is 2.37. The molecule has 2 heteroatoms. The summed E-state index contributed by atoms with van der Waals surface area (Å²) in [5, 5.41) is 1.22. The molecule has 0 aliphatic heterocycles. The van der Waals surface area contributed by atoms with E-state index < -0.39 is 0 Å².